The van der Waals surface area contributed by atoms with Crippen LogP contribution in [0.5, 0.6) is 0 Å². The highest BCUT2D eigenvalue weighted by atomic mass is 79.9. The summed E-state index contributed by atoms with van der Waals surface area (Å²) in [6.45, 7) is 0. The average Bonchev–Trinajstić information content (AvgIpc) is 2.72. The van der Waals surface area contributed by atoms with Gasteiger partial charge in [-0.1, -0.05) is 22.0 Å². The lowest BCUT2D eigenvalue weighted by Crippen LogP contribution is -2.07. The van der Waals surface area contributed by atoms with Crippen molar-refractivity contribution >= 4 is 33.5 Å². The van der Waals surface area contributed by atoms with Crippen molar-refractivity contribution in [3.63, 3.8) is 0 Å². The standard InChI is InChI=1S/C13H12BrNOS/c1-15-7-3-6-12(15)13(16)9-17-11-5-2-4-10(14)8-11/h2-8H,9H2,1H3. The first-order chi connectivity index (χ1) is 8.16. The predicted octanol–water partition coefficient (Wildman–Crippen LogP) is 3.76. The molecule has 0 bridgehead atoms. The summed E-state index contributed by atoms with van der Waals surface area (Å²) in [5, 5.41) is 0. The molecule has 0 aliphatic carbocycles. The molecule has 0 fully saturated rings. The van der Waals surface area contributed by atoms with E-state index in [0.29, 0.717) is 5.75 Å². The number of benzene rings is 1. The molecular weight excluding hydrogens is 298 g/mol. The van der Waals surface area contributed by atoms with Gasteiger partial charge in [-0.25, -0.2) is 0 Å². The molecule has 1 aromatic heterocycles. The number of Topliss-reactive ketones (excluding diaryl/α,β-unsaturated/α-hetero) is 1. The Morgan fingerprint density at radius 2 is 2.18 bits per heavy atom. The van der Waals surface area contributed by atoms with Crippen molar-refractivity contribution in [1.82, 2.24) is 4.57 Å². The van der Waals surface area contributed by atoms with E-state index >= 15 is 0 Å². The molecule has 0 N–H and O–H groups in total. The van der Waals surface area contributed by atoms with Gasteiger partial charge in [0.1, 0.15) is 0 Å². The van der Waals surface area contributed by atoms with Gasteiger partial charge in [0, 0.05) is 22.6 Å². The zero-order valence-corrected chi connectivity index (χ0v) is 11.8. The van der Waals surface area contributed by atoms with Crippen LogP contribution >= 0.6 is 27.7 Å². The molecule has 17 heavy (non-hydrogen) atoms. The first-order valence-corrected chi connectivity index (χ1v) is 6.97. The molecule has 0 unspecified atom stereocenters. The number of hydrogen-bond acceptors (Lipinski definition) is 2. The van der Waals surface area contributed by atoms with Crippen LogP contribution in [0.25, 0.3) is 0 Å². The molecule has 4 heteroatoms. The van der Waals surface area contributed by atoms with Gasteiger partial charge in [0.15, 0.2) is 5.78 Å². The van der Waals surface area contributed by atoms with Crippen molar-refractivity contribution in [3.8, 4) is 0 Å². The molecule has 1 heterocycles. The summed E-state index contributed by atoms with van der Waals surface area (Å²) in [6, 6.07) is 11.7. The van der Waals surface area contributed by atoms with Crippen LogP contribution in [0, 0.1) is 0 Å². The summed E-state index contributed by atoms with van der Waals surface area (Å²) < 4.78 is 2.89. The van der Waals surface area contributed by atoms with E-state index in [9.17, 15) is 4.79 Å². The van der Waals surface area contributed by atoms with Crippen LogP contribution in [0.15, 0.2) is 52.0 Å². The molecule has 2 rings (SSSR count). The van der Waals surface area contributed by atoms with Crippen LogP contribution in [-0.4, -0.2) is 16.1 Å². The molecule has 0 saturated heterocycles. The number of thioether (sulfide) groups is 1. The number of carbonyl (C=O) groups is 1. The molecule has 88 valence electrons. The average molecular weight is 310 g/mol. The maximum Gasteiger partial charge on any atom is 0.189 e. The monoisotopic (exact) mass is 309 g/mol. The second-order valence-corrected chi connectivity index (χ2v) is 5.64. The molecule has 0 saturated carbocycles. The van der Waals surface area contributed by atoms with Gasteiger partial charge in [0.05, 0.1) is 11.4 Å². The Balaban J connectivity index is 1.99. The fourth-order valence-corrected chi connectivity index (χ4v) is 2.91. The number of aromatic nitrogens is 1. The fourth-order valence-electron chi connectivity index (χ4n) is 1.53. The topological polar surface area (TPSA) is 22.0 Å². The molecule has 0 spiro atoms. The lowest BCUT2D eigenvalue weighted by Gasteiger charge is -2.03. The highest BCUT2D eigenvalue weighted by molar-refractivity contribution is 9.10. The Hall–Kier alpha value is -1.00. The van der Waals surface area contributed by atoms with Gasteiger partial charge in [-0.3, -0.25) is 4.79 Å². The summed E-state index contributed by atoms with van der Waals surface area (Å²) in [5.41, 5.74) is 0.757. The highest BCUT2D eigenvalue weighted by Crippen LogP contribution is 2.22. The van der Waals surface area contributed by atoms with Crippen LogP contribution in [0.3, 0.4) is 0 Å². The Morgan fingerprint density at radius 1 is 1.35 bits per heavy atom. The molecule has 0 amide bonds. The van der Waals surface area contributed by atoms with Gasteiger partial charge in [0.2, 0.25) is 0 Å². The van der Waals surface area contributed by atoms with E-state index in [-0.39, 0.29) is 5.78 Å². The summed E-state index contributed by atoms with van der Waals surface area (Å²) in [5.74, 6) is 0.622. The Bertz CT molecular complexity index is 536. The van der Waals surface area contributed by atoms with Crippen molar-refractivity contribution in [2.24, 2.45) is 7.05 Å². The van der Waals surface area contributed by atoms with Gasteiger partial charge in [-0.05, 0) is 30.3 Å². The summed E-state index contributed by atoms with van der Waals surface area (Å²) in [6.07, 6.45) is 1.89. The van der Waals surface area contributed by atoms with Crippen molar-refractivity contribution in [1.29, 1.82) is 0 Å². The fraction of sp³-hybridized carbons (Fsp3) is 0.154. The van der Waals surface area contributed by atoms with E-state index in [1.54, 1.807) is 11.8 Å². The van der Waals surface area contributed by atoms with Crippen LogP contribution < -0.4 is 0 Å². The Kier molecular flexibility index (Phi) is 4.07. The minimum atomic E-state index is 0.155. The highest BCUT2D eigenvalue weighted by Gasteiger charge is 2.09. The maximum absolute atomic E-state index is 11.9. The number of ketones is 1. The second-order valence-electron chi connectivity index (χ2n) is 3.67. The summed E-state index contributed by atoms with van der Waals surface area (Å²) >= 11 is 4.97. The molecule has 2 nitrogen and oxygen atoms in total. The number of carbonyl (C=O) groups excluding carboxylic acids is 1. The van der Waals surface area contributed by atoms with Crippen molar-refractivity contribution in [2.75, 3.05) is 5.75 Å². The third kappa shape index (κ3) is 3.23. The quantitative estimate of drug-likeness (QED) is 0.633. The molecule has 1 aromatic carbocycles. The lowest BCUT2D eigenvalue weighted by molar-refractivity contribution is 0.101. The van der Waals surface area contributed by atoms with Gasteiger partial charge in [-0.15, -0.1) is 11.8 Å². The SMILES string of the molecule is Cn1cccc1C(=O)CSc1cccc(Br)c1. The van der Waals surface area contributed by atoms with E-state index in [1.165, 1.54) is 0 Å². The zero-order valence-electron chi connectivity index (χ0n) is 9.39. The van der Waals surface area contributed by atoms with Crippen LogP contribution in [0.4, 0.5) is 0 Å². The molecule has 0 aliphatic rings. The van der Waals surface area contributed by atoms with E-state index in [4.69, 9.17) is 0 Å². The minimum Gasteiger partial charge on any atom is -0.348 e. The van der Waals surface area contributed by atoms with Crippen molar-refractivity contribution < 1.29 is 4.79 Å². The Morgan fingerprint density at radius 3 is 2.82 bits per heavy atom. The van der Waals surface area contributed by atoms with E-state index in [0.717, 1.165) is 15.1 Å². The molecule has 0 atom stereocenters. The van der Waals surface area contributed by atoms with E-state index < -0.39 is 0 Å². The van der Waals surface area contributed by atoms with Crippen LogP contribution in [0.2, 0.25) is 0 Å². The molecule has 0 aliphatic heterocycles. The van der Waals surface area contributed by atoms with E-state index in [1.807, 2.05) is 54.2 Å². The minimum absolute atomic E-state index is 0.155. The predicted molar refractivity (Wildman–Crippen MR) is 74.6 cm³/mol. The summed E-state index contributed by atoms with van der Waals surface area (Å²) in [7, 11) is 1.89. The van der Waals surface area contributed by atoms with Crippen LogP contribution in [-0.2, 0) is 7.05 Å². The first kappa shape index (κ1) is 12.5. The van der Waals surface area contributed by atoms with E-state index in [2.05, 4.69) is 15.9 Å². The largest absolute Gasteiger partial charge is 0.348 e. The number of aryl methyl sites for hydroxylation is 1. The van der Waals surface area contributed by atoms with Crippen molar-refractivity contribution in [2.45, 2.75) is 4.90 Å². The number of rotatable bonds is 4. The number of hydrogen-bond donors (Lipinski definition) is 0. The third-order valence-electron chi connectivity index (χ3n) is 2.40. The number of nitrogens with zero attached hydrogens (tertiary/aromatic N) is 1. The van der Waals surface area contributed by atoms with Crippen LogP contribution in [0.1, 0.15) is 10.5 Å². The smallest absolute Gasteiger partial charge is 0.189 e. The van der Waals surface area contributed by atoms with Gasteiger partial charge < -0.3 is 4.57 Å². The normalized spacial score (nSPS) is 10.5. The third-order valence-corrected chi connectivity index (χ3v) is 3.88. The second kappa shape index (κ2) is 5.56. The maximum atomic E-state index is 11.9. The summed E-state index contributed by atoms with van der Waals surface area (Å²) in [4.78, 5) is 13.0. The lowest BCUT2D eigenvalue weighted by atomic mass is 10.3. The van der Waals surface area contributed by atoms with Gasteiger partial charge >= 0.3 is 0 Å². The van der Waals surface area contributed by atoms with Gasteiger partial charge in [0.25, 0.3) is 0 Å². The zero-order chi connectivity index (χ0) is 12.3. The molecular formula is C13H12BrNOS. The van der Waals surface area contributed by atoms with Crippen molar-refractivity contribution in [3.05, 3.63) is 52.8 Å². The Labute approximate surface area is 113 Å². The number of halogens is 1. The molecule has 0 radical (unpaired) electrons. The van der Waals surface area contributed by atoms with Gasteiger partial charge in [-0.2, -0.15) is 0 Å². The first-order valence-electron chi connectivity index (χ1n) is 5.20. The molecule has 2 aromatic rings.